The van der Waals surface area contributed by atoms with Gasteiger partial charge in [-0.3, -0.25) is 0 Å². The largest absolute Gasteiger partial charge is 0.394 e. The van der Waals surface area contributed by atoms with E-state index >= 15 is 0 Å². The molecule has 0 bridgehead atoms. The number of aliphatic hydroxyl groups excluding tert-OH is 1. The number of nitrogens with zero attached hydrogens (tertiary/aromatic N) is 2. The van der Waals surface area contributed by atoms with Gasteiger partial charge in [0.2, 0.25) is 0 Å². The van der Waals surface area contributed by atoms with E-state index in [-0.39, 0.29) is 12.6 Å². The highest BCUT2D eigenvalue weighted by Gasteiger charge is 2.12. The van der Waals surface area contributed by atoms with Gasteiger partial charge >= 0.3 is 0 Å². The van der Waals surface area contributed by atoms with Gasteiger partial charge in [0.25, 0.3) is 0 Å². The Kier molecular flexibility index (Phi) is 4.84. The van der Waals surface area contributed by atoms with Gasteiger partial charge in [-0.1, -0.05) is 13.8 Å². The van der Waals surface area contributed by atoms with Crippen LogP contribution in [0.25, 0.3) is 0 Å². The molecule has 15 heavy (non-hydrogen) atoms. The summed E-state index contributed by atoms with van der Waals surface area (Å²) >= 11 is 1.57. The standard InChI is InChI=1S/C10H17N3OS/c1-7(2)8(5-14)13-9-4-10(15-3)12-6-11-9/h4,6-8,14H,5H2,1-3H3,(H,11,12,13). The lowest BCUT2D eigenvalue weighted by atomic mass is 10.1. The number of thioether (sulfide) groups is 1. The summed E-state index contributed by atoms with van der Waals surface area (Å²) in [6, 6.07) is 1.92. The molecule has 0 fully saturated rings. The van der Waals surface area contributed by atoms with Crippen LogP contribution < -0.4 is 5.32 Å². The van der Waals surface area contributed by atoms with E-state index in [9.17, 15) is 5.11 Å². The molecule has 1 unspecified atom stereocenters. The van der Waals surface area contributed by atoms with Crippen molar-refractivity contribution in [1.29, 1.82) is 0 Å². The fourth-order valence-corrected chi connectivity index (χ4v) is 1.53. The van der Waals surface area contributed by atoms with E-state index in [4.69, 9.17) is 0 Å². The molecule has 0 aromatic carbocycles. The minimum atomic E-state index is 0.0367. The smallest absolute Gasteiger partial charge is 0.130 e. The molecule has 2 N–H and O–H groups in total. The number of hydrogen-bond donors (Lipinski definition) is 2. The van der Waals surface area contributed by atoms with E-state index in [1.165, 1.54) is 6.33 Å². The normalized spacial score (nSPS) is 12.9. The average molecular weight is 227 g/mol. The number of rotatable bonds is 5. The molecule has 0 saturated carbocycles. The molecule has 1 aromatic heterocycles. The predicted octanol–water partition coefficient (Wildman–Crippen LogP) is 1.63. The first-order valence-electron chi connectivity index (χ1n) is 4.90. The van der Waals surface area contributed by atoms with Crippen molar-refractivity contribution in [1.82, 2.24) is 9.97 Å². The summed E-state index contributed by atoms with van der Waals surface area (Å²) in [7, 11) is 0. The molecular weight excluding hydrogens is 210 g/mol. The van der Waals surface area contributed by atoms with Gasteiger partial charge in [0, 0.05) is 6.07 Å². The Bertz CT molecular complexity index is 306. The zero-order valence-corrected chi connectivity index (χ0v) is 10.1. The molecule has 0 aliphatic heterocycles. The zero-order chi connectivity index (χ0) is 11.3. The second-order valence-electron chi connectivity index (χ2n) is 3.62. The van der Waals surface area contributed by atoms with Crippen LogP contribution in [-0.4, -0.2) is 34.0 Å². The van der Waals surface area contributed by atoms with Crippen molar-refractivity contribution >= 4 is 17.6 Å². The van der Waals surface area contributed by atoms with Crippen molar-refractivity contribution in [3.8, 4) is 0 Å². The molecular formula is C10H17N3OS. The summed E-state index contributed by atoms with van der Waals surface area (Å²) in [5.74, 6) is 1.13. The number of hydrogen-bond acceptors (Lipinski definition) is 5. The molecule has 0 aliphatic carbocycles. The van der Waals surface area contributed by atoms with E-state index in [1.807, 2.05) is 12.3 Å². The molecule has 0 radical (unpaired) electrons. The van der Waals surface area contributed by atoms with Crippen LogP contribution in [0, 0.1) is 5.92 Å². The summed E-state index contributed by atoms with van der Waals surface area (Å²) in [6.45, 7) is 4.23. The van der Waals surface area contributed by atoms with Gasteiger partial charge in [-0.05, 0) is 12.2 Å². The minimum Gasteiger partial charge on any atom is -0.394 e. The van der Waals surface area contributed by atoms with Gasteiger partial charge in [-0.2, -0.15) is 0 Å². The Morgan fingerprint density at radius 1 is 1.47 bits per heavy atom. The second-order valence-corrected chi connectivity index (χ2v) is 4.45. The number of aromatic nitrogens is 2. The van der Waals surface area contributed by atoms with Crippen molar-refractivity contribution in [2.75, 3.05) is 18.2 Å². The topological polar surface area (TPSA) is 58.0 Å². The molecule has 84 valence electrons. The molecule has 1 heterocycles. The van der Waals surface area contributed by atoms with E-state index in [1.54, 1.807) is 11.8 Å². The number of aliphatic hydroxyl groups is 1. The second kappa shape index (κ2) is 5.92. The maximum Gasteiger partial charge on any atom is 0.130 e. The Morgan fingerprint density at radius 2 is 2.20 bits per heavy atom. The van der Waals surface area contributed by atoms with Gasteiger partial charge < -0.3 is 10.4 Å². The Morgan fingerprint density at radius 3 is 2.73 bits per heavy atom. The van der Waals surface area contributed by atoms with Crippen molar-refractivity contribution in [2.45, 2.75) is 24.9 Å². The summed E-state index contributed by atoms with van der Waals surface area (Å²) in [6.07, 6.45) is 3.50. The first-order valence-corrected chi connectivity index (χ1v) is 6.13. The molecule has 0 aliphatic rings. The van der Waals surface area contributed by atoms with Gasteiger partial charge in [0.05, 0.1) is 12.6 Å². The zero-order valence-electron chi connectivity index (χ0n) is 9.27. The third-order valence-electron chi connectivity index (χ3n) is 2.19. The van der Waals surface area contributed by atoms with E-state index in [0.29, 0.717) is 5.92 Å². The summed E-state index contributed by atoms with van der Waals surface area (Å²) in [4.78, 5) is 8.20. The van der Waals surface area contributed by atoms with Gasteiger partial charge in [-0.15, -0.1) is 11.8 Å². The minimum absolute atomic E-state index is 0.0367. The Hall–Kier alpha value is -0.810. The van der Waals surface area contributed by atoms with Crippen LogP contribution in [0.5, 0.6) is 0 Å². The van der Waals surface area contributed by atoms with Gasteiger partial charge in [0.1, 0.15) is 17.2 Å². The lowest BCUT2D eigenvalue weighted by molar-refractivity contribution is 0.249. The molecule has 0 amide bonds. The van der Waals surface area contributed by atoms with Crippen molar-refractivity contribution < 1.29 is 5.11 Å². The Balaban J connectivity index is 2.70. The fraction of sp³-hybridized carbons (Fsp3) is 0.600. The summed E-state index contributed by atoms with van der Waals surface area (Å²) in [5.41, 5.74) is 0. The fourth-order valence-electron chi connectivity index (χ4n) is 1.14. The lowest BCUT2D eigenvalue weighted by Gasteiger charge is -2.20. The van der Waals surface area contributed by atoms with E-state index < -0.39 is 0 Å². The maximum atomic E-state index is 9.17. The number of anilines is 1. The quantitative estimate of drug-likeness (QED) is 0.591. The highest BCUT2D eigenvalue weighted by atomic mass is 32.2. The van der Waals surface area contributed by atoms with Crippen LogP contribution in [0.2, 0.25) is 0 Å². The van der Waals surface area contributed by atoms with Crippen molar-refractivity contribution in [3.05, 3.63) is 12.4 Å². The number of nitrogens with one attached hydrogen (secondary N) is 1. The highest BCUT2D eigenvalue weighted by molar-refractivity contribution is 7.98. The van der Waals surface area contributed by atoms with Crippen LogP contribution in [0.15, 0.2) is 17.4 Å². The molecule has 1 aromatic rings. The lowest BCUT2D eigenvalue weighted by Crippen LogP contribution is -2.29. The third kappa shape index (κ3) is 3.68. The first-order chi connectivity index (χ1) is 7.17. The van der Waals surface area contributed by atoms with Crippen molar-refractivity contribution in [2.24, 2.45) is 5.92 Å². The van der Waals surface area contributed by atoms with Gasteiger partial charge in [-0.25, -0.2) is 9.97 Å². The van der Waals surface area contributed by atoms with Crippen molar-refractivity contribution in [3.63, 3.8) is 0 Å². The SMILES string of the molecule is CSc1cc(NC(CO)C(C)C)ncn1. The summed E-state index contributed by atoms with van der Waals surface area (Å²) in [5, 5.41) is 13.3. The Labute approximate surface area is 94.5 Å². The third-order valence-corrected chi connectivity index (χ3v) is 2.83. The van der Waals surface area contributed by atoms with Crippen LogP contribution in [0.4, 0.5) is 5.82 Å². The monoisotopic (exact) mass is 227 g/mol. The first kappa shape index (κ1) is 12.3. The van der Waals surface area contributed by atoms with Crippen LogP contribution >= 0.6 is 11.8 Å². The maximum absolute atomic E-state index is 9.17. The van der Waals surface area contributed by atoms with Crippen LogP contribution in [-0.2, 0) is 0 Å². The molecule has 1 atom stereocenters. The molecule has 1 rings (SSSR count). The highest BCUT2D eigenvalue weighted by Crippen LogP contribution is 2.15. The molecule has 0 saturated heterocycles. The van der Waals surface area contributed by atoms with E-state index in [0.717, 1.165) is 10.8 Å². The molecule has 0 spiro atoms. The van der Waals surface area contributed by atoms with Crippen LogP contribution in [0.3, 0.4) is 0 Å². The molecule has 5 heteroatoms. The van der Waals surface area contributed by atoms with E-state index in [2.05, 4.69) is 29.1 Å². The average Bonchev–Trinajstić information content (AvgIpc) is 2.25. The van der Waals surface area contributed by atoms with Gasteiger partial charge in [0.15, 0.2) is 0 Å². The predicted molar refractivity (Wildman–Crippen MR) is 63.1 cm³/mol. The molecule has 4 nitrogen and oxygen atoms in total. The van der Waals surface area contributed by atoms with Crippen LogP contribution in [0.1, 0.15) is 13.8 Å². The summed E-state index contributed by atoms with van der Waals surface area (Å²) < 4.78 is 0.